The van der Waals surface area contributed by atoms with E-state index in [4.69, 9.17) is 4.42 Å². The van der Waals surface area contributed by atoms with E-state index in [0.29, 0.717) is 6.04 Å². The summed E-state index contributed by atoms with van der Waals surface area (Å²) in [6.45, 7) is 3.06. The van der Waals surface area contributed by atoms with E-state index in [-0.39, 0.29) is 0 Å². The second-order valence-electron chi connectivity index (χ2n) is 3.17. The molecule has 1 heterocycles. The number of hydrogen-bond donors (Lipinski definition) is 1. The summed E-state index contributed by atoms with van der Waals surface area (Å²) in [5.41, 5.74) is 0. The van der Waals surface area contributed by atoms with Gasteiger partial charge in [-0.1, -0.05) is 6.92 Å². The quantitative estimate of drug-likeness (QED) is 0.706. The molecule has 2 rings (SSSR count). The molecule has 0 saturated heterocycles. The highest BCUT2D eigenvalue weighted by Crippen LogP contribution is 2.29. The van der Waals surface area contributed by atoms with E-state index in [2.05, 4.69) is 17.2 Å². The van der Waals surface area contributed by atoms with Crippen LogP contribution in [0.25, 0.3) is 0 Å². The molecule has 2 unspecified atom stereocenters. The average molecular weight is 152 g/mol. The molecule has 1 saturated carbocycles. The zero-order valence-corrected chi connectivity index (χ0v) is 6.58. The zero-order valence-electron chi connectivity index (χ0n) is 6.58. The molecule has 0 radical (unpaired) electrons. The van der Waals surface area contributed by atoms with Crippen molar-refractivity contribution < 1.29 is 4.42 Å². The van der Waals surface area contributed by atoms with Gasteiger partial charge in [-0.15, -0.1) is 0 Å². The Balaban J connectivity index is 1.75. The van der Waals surface area contributed by atoms with Crippen LogP contribution >= 0.6 is 0 Å². The van der Waals surface area contributed by atoms with Gasteiger partial charge in [-0.25, -0.2) is 4.98 Å². The van der Waals surface area contributed by atoms with Gasteiger partial charge >= 0.3 is 0 Å². The van der Waals surface area contributed by atoms with Gasteiger partial charge in [-0.3, -0.25) is 0 Å². The number of nitrogens with one attached hydrogen (secondary N) is 1. The molecule has 1 aliphatic carbocycles. The molecule has 1 N–H and O–H groups in total. The molecule has 11 heavy (non-hydrogen) atoms. The fourth-order valence-electron chi connectivity index (χ4n) is 1.17. The molecule has 1 aliphatic rings. The van der Waals surface area contributed by atoms with Gasteiger partial charge < -0.3 is 9.73 Å². The third-order valence-corrected chi connectivity index (χ3v) is 2.13. The highest BCUT2D eigenvalue weighted by atomic mass is 16.3. The van der Waals surface area contributed by atoms with Gasteiger partial charge in [-0.05, 0) is 12.3 Å². The van der Waals surface area contributed by atoms with Crippen molar-refractivity contribution in [2.24, 2.45) is 5.92 Å². The summed E-state index contributed by atoms with van der Waals surface area (Å²) in [4.78, 5) is 3.83. The molecule has 3 nitrogen and oxygen atoms in total. The molecule has 3 heteroatoms. The molecule has 0 aromatic carbocycles. The van der Waals surface area contributed by atoms with Crippen LogP contribution in [0.15, 0.2) is 17.0 Å². The number of hydrogen-bond acceptors (Lipinski definition) is 3. The van der Waals surface area contributed by atoms with E-state index in [1.807, 2.05) is 0 Å². The third-order valence-electron chi connectivity index (χ3n) is 2.13. The SMILES string of the molecule is CC1CC1NCc1cnco1. The van der Waals surface area contributed by atoms with Crippen molar-refractivity contribution in [3.8, 4) is 0 Å². The van der Waals surface area contributed by atoms with E-state index >= 15 is 0 Å². The lowest BCUT2D eigenvalue weighted by Crippen LogP contribution is -2.16. The smallest absolute Gasteiger partial charge is 0.180 e. The molecule has 0 amide bonds. The van der Waals surface area contributed by atoms with Crippen molar-refractivity contribution in [3.05, 3.63) is 18.4 Å². The predicted octanol–water partition coefficient (Wildman–Crippen LogP) is 1.17. The van der Waals surface area contributed by atoms with Gasteiger partial charge in [0, 0.05) is 6.04 Å². The largest absolute Gasteiger partial charge is 0.447 e. The lowest BCUT2D eigenvalue weighted by atomic mass is 10.4. The van der Waals surface area contributed by atoms with E-state index in [9.17, 15) is 0 Å². The summed E-state index contributed by atoms with van der Waals surface area (Å²) in [6, 6.07) is 0.708. The van der Waals surface area contributed by atoms with Crippen molar-refractivity contribution in [1.29, 1.82) is 0 Å². The number of nitrogens with zero attached hydrogens (tertiary/aromatic N) is 1. The first kappa shape index (κ1) is 6.85. The van der Waals surface area contributed by atoms with Gasteiger partial charge in [0.2, 0.25) is 0 Å². The minimum atomic E-state index is 0.708. The summed E-state index contributed by atoms with van der Waals surface area (Å²) in [6.07, 6.45) is 4.52. The summed E-state index contributed by atoms with van der Waals surface area (Å²) < 4.78 is 5.07. The lowest BCUT2D eigenvalue weighted by molar-refractivity contribution is 0.474. The second kappa shape index (κ2) is 2.66. The first-order valence-corrected chi connectivity index (χ1v) is 3.97. The average Bonchev–Trinajstić information content (AvgIpc) is 2.55. The number of rotatable bonds is 3. The Morgan fingerprint density at radius 2 is 2.64 bits per heavy atom. The van der Waals surface area contributed by atoms with Crippen LogP contribution in [0.1, 0.15) is 19.1 Å². The van der Waals surface area contributed by atoms with Crippen LogP contribution in [-0.4, -0.2) is 11.0 Å². The molecule has 1 aromatic heterocycles. The highest BCUT2D eigenvalue weighted by molar-refractivity contribution is 4.94. The topological polar surface area (TPSA) is 38.1 Å². The molecule has 1 fully saturated rings. The summed E-state index contributed by atoms with van der Waals surface area (Å²) in [5.74, 6) is 1.77. The van der Waals surface area contributed by atoms with Crippen molar-refractivity contribution in [2.75, 3.05) is 0 Å². The summed E-state index contributed by atoms with van der Waals surface area (Å²) in [7, 11) is 0. The predicted molar refractivity (Wildman–Crippen MR) is 40.9 cm³/mol. The van der Waals surface area contributed by atoms with Crippen LogP contribution < -0.4 is 5.32 Å². The minimum Gasteiger partial charge on any atom is -0.447 e. The van der Waals surface area contributed by atoms with Crippen LogP contribution in [-0.2, 0) is 6.54 Å². The fourth-order valence-corrected chi connectivity index (χ4v) is 1.17. The van der Waals surface area contributed by atoms with Crippen LogP contribution in [0.2, 0.25) is 0 Å². The van der Waals surface area contributed by atoms with Crippen LogP contribution in [0, 0.1) is 5.92 Å². The maximum Gasteiger partial charge on any atom is 0.180 e. The van der Waals surface area contributed by atoms with Gasteiger partial charge in [0.25, 0.3) is 0 Å². The second-order valence-corrected chi connectivity index (χ2v) is 3.17. The molecule has 2 atom stereocenters. The molecule has 1 aromatic rings. The summed E-state index contributed by atoms with van der Waals surface area (Å²) in [5, 5.41) is 3.38. The monoisotopic (exact) mass is 152 g/mol. The molecule has 0 aliphatic heterocycles. The van der Waals surface area contributed by atoms with Gasteiger partial charge in [0.05, 0.1) is 12.7 Å². The highest BCUT2D eigenvalue weighted by Gasteiger charge is 2.31. The Morgan fingerprint density at radius 1 is 1.82 bits per heavy atom. The Morgan fingerprint density at radius 3 is 3.18 bits per heavy atom. The Hall–Kier alpha value is -0.830. The lowest BCUT2D eigenvalue weighted by Gasteiger charge is -1.97. The van der Waals surface area contributed by atoms with Crippen molar-refractivity contribution in [2.45, 2.75) is 25.9 Å². The molecule has 0 spiro atoms. The number of aromatic nitrogens is 1. The maximum absolute atomic E-state index is 5.07. The van der Waals surface area contributed by atoms with Crippen molar-refractivity contribution >= 4 is 0 Å². The van der Waals surface area contributed by atoms with E-state index < -0.39 is 0 Å². The van der Waals surface area contributed by atoms with Gasteiger partial charge in [0.15, 0.2) is 6.39 Å². The third kappa shape index (κ3) is 1.60. The van der Waals surface area contributed by atoms with E-state index in [1.54, 1.807) is 6.20 Å². The van der Waals surface area contributed by atoms with Crippen molar-refractivity contribution in [1.82, 2.24) is 10.3 Å². The van der Waals surface area contributed by atoms with E-state index in [0.717, 1.165) is 18.2 Å². The molecular formula is C8H12N2O. The van der Waals surface area contributed by atoms with Crippen LogP contribution in [0.4, 0.5) is 0 Å². The standard InChI is InChI=1S/C8H12N2O/c1-6-2-8(6)10-4-7-3-9-5-11-7/h3,5-6,8,10H,2,4H2,1H3. The van der Waals surface area contributed by atoms with Gasteiger partial charge in [0.1, 0.15) is 5.76 Å². The Kier molecular flexibility index (Phi) is 1.66. The Bertz CT molecular complexity index is 220. The molecular weight excluding hydrogens is 140 g/mol. The first-order chi connectivity index (χ1) is 5.36. The zero-order chi connectivity index (χ0) is 7.68. The Labute approximate surface area is 65.8 Å². The van der Waals surface area contributed by atoms with Crippen LogP contribution in [0.5, 0.6) is 0 Å². The molecule has 0 bridgehead atoms. The number of oxazole rings is 1. The van der Waals surface area contributed by atoms with Crippen molar-refractivity contribution in [3.63, 3.8) is 0 Å². The van der Waals surface area contributed by atoms with Crippen LogP contribution in [0.3, 0.4) is 0 Å². The fraction of sp³-hybridized carbons (Fsp3) is 0.625. The minimum absolute atomic E-state index is 0.708. The normalized spacial score (nSPS) is 28.8. The maximum atomic E-state index is 5.07. The first-order valence-electron chi connectivity index (χ1n) is 3.97. The molecule has 60 valence electrons. The van der Waals surface area contributed by atoms with E-state index in [1.165, 1.54) is 12.8 Å². The summed E-state index contributed by atoms with van der Waals surface area (Å²) >= 11 is 0. The van der Waals surface area contributed by atoms with Gasteiger partial charge in [-0.2, -0.15) is 0 Å².